The van der Waals surface area contributed by atoms with Gasteiger partial charge in [-0.05, 0) is 31.0 Å². The first kappa shape index (κ1) is 24.2. The summed E-state index contributed by atoms with van der Waals surface area (Å²) >= 11 is 1.24. The van der Waals surface area contributed by atoms with Gasteiger partial charge in [-0.25, -0.2) is 9.59 Å². The number of benzene rings is 2. The first-order chi connectivity index (χ1) is 16.9. The number of esters is 2. The lowest BCUT2D eigenvalue weighted by Crippen LogP contribution is -2.25. The highest BCUT2D eigenvalue weighted by atomic mass is 32.1. The molecule has 0 bridgehead atoms. The van der Waals surface area contributed by atoms with E-state index in [0.29, 0.717) is 38.7 Å². The summed E-state index contributed by atoms with van der Waals surface area (Å²) < 4.78 is 10.2. The molecule has 1 atom stereocenters. The number of allylic oxidation sites excluding steroid dienone is 1. The molecule has 0 fully saturated rings. The minimum absolute atomic E-state index is 0.243. The molecule has 0 spiro atoms. The molecule has 0 saturated heterocycles. The smallest absolute Gasteiger partial charge is 0.337 e. The number of nitrogens with two attached hydrogens (primary N) is 1. The van der Waals surface area contributed by atoms with Gasteiger partial charge in [-0.15, -0.1) is 11.3 Å². The lowest BCUT2D eigenvalue weighted by molar-refractivity contribution is -0.138. The number of thiophene rings is 1. The molecule has 1 aliphatic rings. The number of anilines is 2. The van der Waals surface area contributed by atoms with Gasteiger partial charge in [0.2, 0.25) is 5.78 Å². The van der Waals surface area contributed by atoms with Crippen molar-refractivity contribution in [3.63, 3.8) is 0 Å². The number of carbonyl (C=O) groups is 3. The number of ether oxygens (including phenoxy) is 2. The number of nitrogen functional groups attached to an aromatic ring is 1. The van der Waals surface area contributed by atoms with Crippen molar-refractivity contribution >= 4 is 39.7 Å². The van der Waals surface area contributed by atoms with Gasteiger partial charge < -0.3 is 20.5 Å². The van der Waals surface area contributed by atoms with E-state index in [2.05, 4.69) is 5.32 Å². The highest BCUT2D eigenvalue weighted by molar-refractivity contribution is 7.19. The topological polar surface area (TPSA) is 108 Å². The fraction of sp³-hybridized carbons (Fsp3) is 0.222. The Labute approximate surface area is 207 Å². The predicted molar refractivity (Wildman–Crippen MR) is 136 cm³/mol. The molecule has 1 aromatic heterocycles. The monoisotopic (exact) mass is 490 g/mol. The summed E-state index contributed by atoms with van der Waals surface area (Å²) in [6.07, 6.45) is 0.569. The van der Waals surface area contributed by atoms with Gasteiger partial charge in [0.15, 0.2) is 0 Å². The van der Waals surface area contributed by atoms with Crippen molar-refractivity contribution in [3.8, 4) is 0 Å². The zero-order valence-corrected chi connectivity index (χ0v) is 20.5. The first-order valence-corrected chi connectivity index (χ1v) is 12.1. The first-order valence-electron chi connectivity index (χ1n) is 11.3. The van der Waals surface area contributed by atoms with Crippen LogP contribution in [0.3, 0.4) is 0 Å². The van der Waals surface area contributed by atoms with Gasteiger partial charge in [0.25, 0.3) is 0 Å². The van der Waals surface area contributed by atoms with Gasteiger partial charge in [-0.2, -0.15) is 0 Å². The largest absolute Gasteiger partial charge is 0.465 e. The lowest BCUT2D eigenvalue weighted by atomic mass is 9.81. The van der Waals surface area contributed by atoms with Crippen LogP contribution in [0.5, 0.6) is 0 Å². The number of carbonyl (C=O) groups excluding carboxylic acids is 3. The number of rotatable bonds is 7. The van der Waals surface area contributed by atoms with E-state index in [1.165, 1.54) is 24.5 Å². The number of fused-ring (bicyclic) bond motifs is 1. The van der Waals surface area contributed by atoms with Gasteiger partial charge in [0, 0.05) is 22.7 Å². The number of hydrogen-bond acceptors (Lipinski definition) is 8. The molecule has 35 heavy (non-hydrogen) atoms. The Morgan fingerprint density at radius 3 is 2.37 bits per heavy atom. The predicted octanol–water partition coefficient (Wildman–Crippen LogP) is 5.13. The summed E-state index contributed by atoms with van der Waals surface area (Å²) in [6, 6.07) is 15.9. The number of nitrogens with one attached hydrogen (secondary N) is 1. The molecular formula is C27H26N2O5S. The maximum atomic E-state index is 13.5. The van der Waals surface area contributed by atoms with Crippen molar-refractivity contribution in [1.29, 1.82) is 0 Å². The van der Waals surface area contributed by atoms with Gasteiger partial charge in [-0.3, -0.25) is 4.79 Å². The lowest BCUT2D eigenvalue weighted by Gasteiger charge is -2.29. The molecule has 3 aromatic rings. The minimum Gasteiger partial charge on any atom is -0.465 e. The zero-order valence-electron chi connectivity index (χ0n) is 19.7. The molecule has 1 unspecified atom stereocenters. The molecule has 180 valence electrons. The van der Waals surface area contributed by atoms with Crippen LogP contribution in [0.15, 0.2) is 65.9 Å². The third-order valence-electron chi connectivity index (χ3n) is 5.88. The normalized spacial score (nSPS) is 14.7. The van der Waals surface area contributed by atoms with Crippen LogP contribution in [0.2, 0.25) is 0 Å². The Morgan fingerprint density at radius 1 is 1.00 bits per heavy atom. The van der Waals surface area contributed by atoms with E-state index in [4.69, 9.17) is 15.2 Å². The molecule has 0 radical (unpaired) electrons. The third-order valence-corrected chi connectivity index (χ3v) is 7.02. The van der Waals surface area contributed by atoms with Gasteiger partial charge in [0.1, 0.15) is 4.88 Å². The van der Waals surface area contributed by atoms with Crippen LogP contribution in [-0.4, -0.2) is 31.4 Å². The Balaban J connectivity index is 1.86. The summed E-state index contributed by atoms with van der Waals surface area (Å²) in [6.45, 7) is 3.96. The second kappa shape index (κ2) is 10.1. The van der Waals surface area contributed by atoms with Gasteiger partial charge >= 0.3 is 11.9 Å². The van der Waals surface area contributed by atoms with E-state index >= 15 is 0 Å². The summed E-state index contributed by atoms with van der Waals surface area (Å²) in [5, 5.41) is 4.05. The molecule has 0 saturated carbocycles. The van der Waals surface area contributed by atoms with Crippen molar-refractivity contribution in [3.05, 3.63) is 93.0 Å². The maximum Gasteiger partial charge on any atom is 0.337 e. The van der Waals surface area contributed by atoms with Gasteiger partial charge in [0.05, 0.1) is 35.5 Å². The number of methoxy groups -OCH3 is 1. The highest BCUT2D eigenvalue weighted by Gasteiger charge is 2.38. The maximum absolute atomic E-state index is 13.5. The van der Waals surface area contributed by atoms with Crippen LogP contribution in [0.4, 0.5) is 10.7 Å². The Morgan fingerprint density at radius 2 is 1.71 bits per heavy atom. The van der Waals surface area contributed by atoms with Gasteiger partial charge in [-0.1, -0.05) is 49.4 Å². The molecule has 7 nitrogen and oxygen atoms in total. The van der Waals surface area contributed by atoms with Crippen LogP contribution >= 0.6 is 11.3 Å². The fourth-order valence-corrected chi connectivity index (χ4v) is 5.42. The summed E-state index contributed by atoms with van der Waals surface area (Å²) in [7, 11) is 1.29. The van der Waals surface area contributed by atoms with Crippen LogP contribution in [-0.2, 0) is 14.3 Å². The summed E-state index contributed by atoms with van der Waals surface area (Å²) in [5.41, 5.74) is 10.3. The van der Waals surface area contributed by atoms with Crippen LogP contribution in [0.1, 0.15) is 62.9 Å². The van der Waals surface area contributed by atoms with E-state index < -0.39 is 17.9 Å². The highest BCUT2D eigenvalue weighted by Crippen LogP contribution is 2.51. The molecule has 4 rings (SSSR count). The standard InChI is InChI=1S/C27H26N2O5S/c1-4-18-20(27(32)34-5-2)19(15-10-7-6-8-11-15)21-22(28)24(35-25(21)29-18)23(30)16-12-9-13-17(14-16)26(31)33-3/h6-14,19,29H,4-5,28H2,1-3H3. The van der Waals surface area contributed by atoms with Crippen molar-refractivity contribution in [1.82, 2.24) is 0 Å². The Bertz CT molecular complexity index is 1330. The molecule has 8 heteroatoms. The van der Waals surface area contributed by atoms with Crippen molar-refractivity contribution in [2.24, 2.45) is 0 Å². The zero-order chi connectivity index (χ0) is 25.1. The average Bonchev–Trinajstić information content (AvgIpc) is 3.23. The third kappa shape index (κ3) is 4.44. The van der Waals surface area contributed by atoms with Crippen LogP contribution in [0, 0.1) is 0 Å². The van der Waals surface area contributed by atoms with E-state index in [1.807, 2.05) is 37.3 Å². The molecule has 0 amide bonds. The molecule has 2 aromatic carbocycles. The Hall–Kier alpha value is -3.91. The van der Waals surface area contributed by atoms with Crippen molar-refractivity contribution in [2.45, 2.75) is 26.2 Å². The molecule has 3 N–H and O–H groups in total. The van der Waals surface area contributed by atoms with Crippen molar-refractivity contribution < 1.29 is 23.9 Å². The number of hydrogen-bond donors (Lipinski definition) is 2. The van der Waals surface area contributed by atoms with E-state index in [0.717, 1.165) is 11.3 Å². The molecule has 0 aliphatic carbocycles. The molecule has 2 heterocycles. The second-order valence-corrected chi connectivity index (χ2v) is 8.94. The van der Waals surface area contributed by atoms with Crippen LogP contribution in [0.25, 0.3) is 0 Å². The second-order valence-electron chi connectivity index (χ2n) is 7.92. The van der Waals surface area contributed by atoms with Crippen molar-refractivity contribution in [2.75, 3.05) is 24.8 Å². The summed E-state index contributed by atoms with van der Waals surface area (Å²) in [5.74, 6) is -1.74. The van der Waals surface area contributed by atoms with E-state index in [-0.39, 0.29) is 18.0 Å². The Kier molecular flexibility index (Phi) is 7.02. The minimum atomic E-state index is -0.528. The van der Waals surface area contributed by atoms with Crippen LogP contribution < -0.4 is 11.1 Å². The molecule has 1 aliphatic heterocycles. The van der Waals surface area contributed by atoms with E-state index in [9.17, 15) is 14.4 Å². The molecular weight excluding hydrogens is 464 g/mol. The fourth-order valence-electron chi connectivity index (χ4n) is 4.27. The van der Waals surface area contributed by atoms with E-state index in [1.54, 1.807) is 25.1 Å². The SMILES string of the molecule is CCOC(=O)C1=C(CC)Nc2sc(C(=O)c3cccc(C(=O)OC)c3)c(N)c2C1c1ccccc1. The average molecular weight is 491 g/mol. The number of ketones is 1. The quantitative estimate of drug-likeness (QED) is 0.349. The summed E-state index contributed by atoms with van der Waals surface area (Å²) in [4.78, 5) is 38.9.